The molecule has 0 bridgehead atoms. The summed E-state index contributed by atoms with van der Waals surface area (Å²) in [6, 6.07) is 9.46. The predicted octanol–water partition coefficient (Wildman–Crippen LogP) is 4.34. The van der Waals surface area contributed by atoms with E-state index in [0.29, 0.717) is 5.69 Å². The van der Waals surface area contributed by atoms with Gasteiger partial charge in [0.1, 0.15) is 11.1 Å². The lowest BCUT2D eigenvalue weighted by molar-refractivity contribution is 0.607. The van der Waals surface area contributed by atoms with Gasteiger partial charge in [-0.1, -0.05) is 12.1 Å². The molecule has 0 radical (unpaired) electrons. The Morgan fingerprint density at radius 1 is 1.24 bits per heavy atom. The van der Waals surface area contributed by atoms with Crippen LogP contribution in [0.4, 0.5) is 5.69 Å². The maximum absolute atomic E-state index is 11.3. The molecule has 0 aliphatic heterocycles. The monoisotopic (exact) mass is 373 g/mol. The zero-order chi connectivity index (χ0) is 18.0. The first kappa shape index (κ1) is 17.6. The van der Waals surface area contributed by atoms with Crippen molar-refractivity contribution in [3.63, 3.8) is 0 Å². The molecule has 1 N–H and O–H groups in total. The summed E-state index contributed by atoms with van der Waals surface area (Å²) in [5.41, 5.74) is 4.22. The number of rotatable bonds is 4. The van der Waals surface area contributed by atoms with Gasteiger partial charge in [-0.15, -0.1) is 11.3 Å². The van der Waals surface area contributed by atoms with E-state index in [1.54, 1.807) is 12.1 Å². The Balaban J connectivity index is 1.93. The lowest BCUT2D eigenvalue weighted by Crippen LogP contribution is -2.09. The molecule has 0 atom stereocenters. The first-order valence-corrected chi connectivity index (χ1v) is 10.8. The summed E-state index contributed by atoms with van der Waals surface area (Å²) in [7, 11) is -3.29. The largest absolute Gasteiger partial charge is 0.284 e. The number of nitrogens with zero attached hydrogens (tertiary/aromatic N) is 2. The Bertz CT molecular complexity index is 957. The summed E-state index contributed by atoms with van der Waals surface area (Å²) < 4.78 is 25.0. The van der Waals surface area contributed by atoms with Gasteiger partial charge in [-0.05, 0) is 50.3 Å². The second-order valence-corrected chi connectivity index (χ2v) is 9.12. The van der Waals surface area contributed by atoms with Crippen LogP contribution in [0.5, 0.6) is 0 Å². The molecule has 1 fully saturated rings. The lowest BCUT2D eigenvalue weighted by Gasteiger charge is -2.05. The molecule has 1 saturated carbocycles. The predicted molar refractivity (Wildman–Crippen MR) is 102 cm³/mol. The normalized spacial score (nSPS) is 14.4. The van der Waals surface area contributed by atoms with Gasteiger partial charge in [0.15, 0.2) is 0 Å². The molecule has 1 aliphatic carbocycles. The van der Waals surface area contributed by atoms with Gasteiger partial charge in [-0.2, -0.15) is 5.26 Å². The number of aromatic nitrogens is 1. The first-order valence-electron chi connectivity index (χ1n) is 8.05. The van der Waals surface area contributed by atoms with Crippen molar-refractivity contribution in [3.05, 3.63) is 39.7 Å². The van der Waals surface area contributed by atoms with Crippen LogP contribution in [0.25, 0.3) is 16.8 Å². The van der Waals surface area contributed by atoms with Gasteiger partial charge in [0.2, 0.25) is 10.0 Å². The summed E-state index contributed by atoms with van der Waals surface area (Å²) in [4.78, 5) is 5.75. The number of hydrogen-bond donors (Lipinski definition) is 1. The lowest BCUT2D eigenvalue weighted by atomic mass is 10.1. The van der Waals surface area contributed by atoms with E-state index in [2.05, 4.69) is 10.8 Å². The van der Waals surface area contributed by atoms with Crippen molar-refractivity contribution in [2.75, 3.05) is 11.0 Å². The quantitative estimate of drug-likeness (QED) is 0.808. The van der Waals surface area contributed by atoms with E-state index >= 15 is 0 Å². The first-order chi connectivity index (χ1) is 11.9. The number of benzene rings is 1. The Labute approximate surface area is 152 Å². The van der Waals surface area contributed by atoms with Gasteiger partial charge >= 0.3 is 0 Å². The minimum Gasteiger partial charge on any atom is -0.284 e. The van der Waals surface area contributed by atoms with E-state index in [9.17, 15) is 13.7 Å². The van der Waals surface area contributed by atoms with Crippen LogP contribution >= 0.6 is 11.3 Å². The molecule has 25 heavy (non-hydrogen) atoms. The molecule has 3 rings (SSSR count). The smallest absolute Gasteiger partial charge is 0.229 e. The Hall–Kier alpha value is -2.17. The molecule has 130 valence electrons. The van der Waals surface area contributed by atoms with Crippen LogP contribution in [0, 0.1) is 18.3 Å². The molecule has 1 aromatic heterocycles. The van der Waals surface area contributed by atoms with E-state index in [1.807, 2.05) is 19.1 Å². The third-order valence-electron chi connectivity index (χ3n) is 4.14. The summed E-state index contributed by atoms with van der Waals surface area (Å²) in [6.07, 6.45) is 5.39. The van der Waals surface area contributed by atoms with Crippen molar-refractivity contribution >= 4 is 32.6 Å². The molecule has 0 unspecified atom stereocenters. The van der Waals surface area contributed by atoms with E-state index in [1.165, 1.54) is 16.9 Å². The molecule has 0 saturated heterocycles. The summed E-state index contributed by atoms with van der Waals surface area (Å²) >= 11 is 1.54. The zero-order valence-corrected chi connectivity index (χ0v) is 15.8. The second-order valence-electron chi connectivity index (χ2n) is 6.17. The highest BCUT2D eigenvalue weighted by Crippen LogP contribution is 2.36. The van der Waals surface area contributed by atoms with Crippen molar-refractivity contribution in [2.24, 2.45) is 0 Å². The van der Waals surface area contributed by atoms with Crippen LogP contribution in [-0.4, -0.2) is 19.7 Å². The fraction of sp³-hybridized carbons (Fsp3) is 0.333. The van der Waals surface area contributed by atoms with Gasteiger partial charge in [-0.25, -0.2) is 13.4 Å². The molecule has 0 amide bonds. The molecule has 2 aromatic rings. The van der Waals surface area contributed by atoms with Gasteiger partial charge < -0.3 is 0 Å². The molecule has 5 nitrogen and oxygen atoms in total. The average molecular weight is 374 g/mol. The van der Waals surface area contributed by atoms with Crippen LogP contribution in [0.15, 0.2) is 29.8 Å². The topological polar surface area (TPSA) is 82.8 Å². The fourth-order valence-electron chi connectivity index (χ4n) is 3.01. The van der Waals surface area contributed by atoms with Crippen molar-refractivity contribution < 1.29 is 8.42 Å². The Kier molecular flexibility index (Phi) is 4.93. The van der Waals surface area contributed by atoms with Gasteiger partial charge in [0.25, 0.3) is 0 Å². The third kappa shape index (κ3) is 4.09. The van der Waals surface area contributed by atoms with Crippen molar-refractivity contribution in [1.82, 2.24) is 4.98 Å². The highest BCUT2D eigenvalue weighted by atomic mass is 32.2. The fourth-order valence-corrected chi connectivity index (χ4v) is 4.55. The number of aryl methyl sites for hydroxylation is 1. The standard InChI is InChI=1S/C18H19N3O2S2/c1-12-17(14-7-9-15(10-8-14)21-25(2,22)23)20-18(24-12)16(11-19)13-5-3-4-6-13/h7-10,21H,3-6H2,1-2H3. The van der Waals surface area contributed by atoms with Crippen LogP contribution in [0.2, 0.25) is 0 Å². The molecule has 1 heterocycles. The molecule has 0 spiro atoms. The van der Waals surface area contributed by atoms with Crippen LogP contribution in [0.1, 0.15) is 35.6 Å². The van der Waals surface area contributed by atoms with Crippen LogP contribution in [-0.2, 0) is 10.0 Å². The Morgan fingerprint density at radius 2 is 1.88 bits per heavy atom. The van der Waals surface area contributed by atoms with E-state index in [0.717, 1.165) is 58.7 Å². The highest BCUT2D eigenvalue weighted by molar-refractivity contribution is 7.92. The van der Waals surface area contributed by atoms with Crippen LogP contribution < -0.4 is 4.72 Å². The van der Waals surface area contributed by atoms with E-state index in [4.69, 9.17) is 4.98 Å². The van der Waals surface area contributed by atoms with E-state index in [-0.39, 0.29) is 0 Å². The van der Waals surface area contributed by atoms with Crippen molar-refractivity contribution in [2.45, 2.75) is 32.6 Å². The summed E-state index contributed by atoms with van der Waals surface area (Å²) in [5, 5.41) is 10.3. The third-order valence-corrected chi connectivity index (χ3v) is 5.74. The van der Waals surface area contributed by atoms with Gasteiger partial charge in [0.05, 0.1) is 17.5 Å². The number of allylic oxidation sites excluding steroid dienone is 2. The number of anilines is 1. The SMILES string of the molecule is Cc1sc(C(C#N)=C2CCCC2)nc1-c1ccc(NS(C)(=O)=O)cc1. The molecule has 1 aliphatic rings. The van der Waals surface area contributed by atoms with Gasteiger partial charge in [0, 0.05) is 16.1 Å². The van der Waals surface area contributed by atoms with Crippen LogP contribution in [0.3, 0.4) is 0 Å². The number of nitriles is 1. The highest BCUT2D eigenvalue weighted by Gasteiger charge is 2.19. The molecule has 1 aromatic carbocycles. The van der Waals surface area contributed by atoms with E-state index < -0.39 is 10.0 Å². The van der Waals surface area contributed by atoms with Crippen molar-refractivity contribution in [3.8, 4) is 17.3 Å². The zero-order valence-electron chi connectivity index (χ0n) is 14.2. The number of thiazole rings is 1. The minimum atomic E-state index is -3.29. The molecule has 7 heteroatoms. The number of sulfonamides is 1. The van der Waals surface area contributed by atoms with Crippen molar-refractivity contribution in [1.29, 1.82) is 5.26 Å². The second kappa shape index (κ2) is 6.98. The maximum Gasteiger partial charge on any atom is 0.229 e. The number of nitrogens with one attached hydrogen (secondary N) is 1. The Morgan fingerprint density at radius 3 is 2.44 bits per heavy atom. The van der Waals surface area contributed by atoms with Gasteiger partial charge in [-0.3, -0.25) is 4.72 Å². The molecular formula is C18H19N3O2S2. The average Bonchev–Trinajstić information content (AvgIpc) is 3.18. The maximum atomic E-state index is 11.3. The molecular weight excluding hydrogens is 354 g/mol. The minimum absolute atomic E-state index is 0.519. The summed E-state index contributed by atoms with van der Waals surface area (Å²) in [5.74, 6) is 0. The summed E-state index contributed by atoms with van der Waals surface area (Å²) in [6.45, 7) is 1.99. The number of hydrogen-bond acceptors (Lipinski definition) is 5.